The molecule has 1 saturated heterocycles. The van der Waals surface area contributed by atoms with Crippen LogP contribution in [0.5, 0.6) is 0 Å². The highest BCUT2D eigenvalue weighted by Gasteiger charge is 2.49. The Morgan fingerprint density at radius 2 is 1.89 bits per heavy atom. The van der Waals surface area contributed by atoms with Gasteiger partial charge in [0, 0.05) is 0 Å². The van der Waals surface area contributed by atoms with Crippen molar-refractivity contribution in [2.24, 2.45) is 5.92 Å². The second-order valence-corrected chi connectivity index (χ2v) is 8.15. The third kappa shape index (κ3) is 2.56. The zero-order chi connectivity index (χ0) is 13.5. The molecule has 1 aromatic rings. The van der Waals surface area contributed by atoms with E-state index in [9.17, 15) is 13.5 Å². The summed E-state index contributed by atoms with van der Waals surface area (Å²) in [4.78, 5) is 0. The second-order valence-electron chi connectivity index (χ2n) is 5.81. The summed E-state index contributed by atoms with van der Waals surface area (Å²) in [5.41, 5.74) is 1.22. The molecule has 19 heavy (non-hydrogen) atoms. The minimum absolute atomic E-state index is 0.125. The van der Waals surface area contributed by atoms with Crippen LogP contribution in [0.15, 0.2) is 30.3 Å². The minimum atomic E-state index is -3.08. The quantitative estimate of drug-likeness (QED) is 0.922. The SMILES string of the molecule is O=S1(=O)CCCCC1C(O)C1CC1c1ccccc1. The highest BCUT2D eigenvalue weighted by molar-refractivity contribution is 7.92. The molecule has 1 N–H and O–H groups in total. The molecule has 0 bridgehead atoms. The molecule has 104 valence electrons. The third-order valence-electron chi connectivity index (χ3n) is 4.52. The number of hydrogen-bond acceptors (Lipinski definition) is 3. The Bertz CT molecular complexity index is 538. The van der Waals surface area contributed by atoms with E-state index in [1.165, 1.54) is 5.56 Å². The number of sulfone groups is 1. The lowest BCUT2D eigenvalue weighted by Crippen LogP contribution is -2.39. The van der Waals surface area contributed by atoms with Gasteiger partial charge in [0.05, 0.1) is 17.1 Å². The van der Waals surface area contributed by atoms with Crippen LogP contribution in [0.1, 0.15) is 37.2 Å². The highest BCUT2D eigenvalue weighted by atomic mass is 32.2. The lowest BCUT2D eigenvalue weighted by atomic mass is 10.0. The molecule has 4 atom stereocenters. The van der Waals surface area contributed by atoms with Crippen molar-refractivity contribution in [3.63, 3.8) is 0 Å². The van der Waals surface area contributed by atoms with Gasteiger partial charge in [-0.25, -0.2) is 8.42 Å². The first-order valence-electron chi connectivity index (χ1n) is 7.04. The van der Waals surface area contributed by atoms with Crippen LogP contribution in [-0.2, 0) is 9.84 Å². The fourth-order valence-electron chi connectivity index (χ4n) is 3.31. The molecule has 4 unspecified atom stereocenters. The molecular weight excluding hydrogens is 260 g/mol. The molecule has 1 saturated carbocycles. The van der Waals surface area contributed by atoms with E-state index in [4.69, 9.17) is 0 Å². The number of benzene rings is 1. The molecule has 0 radical (unpaired) electrons. The Morgan fingerprint density at radius 1 is 1.16 bits per heavy atom. The van der Waals surface area contributed by atoms with Crippen molar-refractivity contribution in [1.29, 1.82) is 0 Å². The monoisotopic (exact) mass is 280 g/mol. The van der Waals surface area contributed by atoms with E-state index in [0.717, 1.165) is 19.3 Å². The number of aliphatic hydroxyl groups is 1. The number of aliphatic hydroxyl groups excluding tert-OH is 1. The smallest absolute Gasteiger partial charge is 0.155 e. The fourth-order valence-corrected chi connectivity index (χ4v) is 5.38. The second kappa shape index (κ2) is 4.91. The van der Waals surface area contributed by atoms with Gasteiger partial charge < -0.3 is 5.11 Å². The van der Waals surface area contributed by atoms with E-state index < -0.39 is 21.2 Å². The highest BCUT2D eigenvalue weighted by Crippen LogP contribution is 2.51. The van der Waals surface area contributed by atoms with E-state index in [2.05, 4.69) is 12.1 Å². The van der Waals surface area contributed by atoms with Gasteiger partial charge in [0.2, 0.25) is 0 Å². The van der Waals surface area contributed by atoms with Gasteiger partial charge in [-0.3, -0.25) is 0 Å². The van der Waals surface area contributed by atoms with Crippen molar-refractivity contribution >= 4 is 9.84 Å². The van der Waals surface area contributed by atoms with Crippen LogP contribution in [0.3, 0.4) is 0 Å². The minimum Gasteiger partial charge on any atom is -0.391 e. The average molecular weight is 280 g/mol. The van der Waals surface area contributed by atoms with Crippen LogP contribution in [-0.4, -0.2) is 30.6 Å². The van der Waals surface area contributed by atoms with Crippen LogP contribution < -0.4 is 0 Å². The maximum Gasteiger partial charge on any atom is 0.155 e. The van der Waals surface area contributed by atoms with Crippen molar-refractivity contribution in [3.05, 3.63) is 35.9 Å². The fraction of sp³-hybridized carbons (Fsp3) is 0.600. The molecule has 1 aliphatic heterocycles. The van der Waals surface area contributed by atoms with Gasteiger partial charge in [0.25, 0.3) is 0 Å². The van der Waals surface area contributed by atoms with E-state index in [1.54, 1.807) is 0 Å². The standard InChI is InChI=1S/C15H20O3S/c16-15(14-8-4-5-9-19(14,17)18)13-10-12(13)11-6-2-1-3-7-11/h1-3,6-7,12-16H,4-5,8-10H2. The maximum absolute atomic E-state index is 12.0. The topological polar surface area (TPSA) is 54.4 Å². The maximum atomic E-state index is 12.0. The summed E-state index contributed by atoms with van der Waals surface area (Å²) in [5.74, 6) is 0.714. The zero-order valence-electron chi connectivity index (χ0n) is 10.9. The van der Waals surface area contributed by atoms with E-state index in [1.807, 2.05) is 18.2 Å². The summed E-state index contributed by atoms with van der Waals surface area (Å²) in [5, 5.41) is 9.87. The normalized spacial score (nSPS) is 34.7. The van der Waals surface area contributed by atoms with Crippen LogP contribution in [0.2, 0.25) is 0 Å². The van der Waals surface area contributed by atoms with Gasteiger partial charge in [0.15, 0.2) is 9.84 Å². The van der Waals surface area contributed by atoms with Crippen LogP contribution in [0, 0.1) is 5.92 Å². The number of hydrogen-bond donors (Lipinski definition) is 1. The van der Waals surface area contributed by atoms with Gasteiger partial charge in [0.1, 0.15) is 0 Å². The van der Waals surface area contributed by atoms with Gasteiger partial charge >= 0.3 is 0 Å². The predicted molar refractivity (Wildman–Crippen MR) is 74.7 cm³/mol. The molecule has 2 fully saturated rings. The van der Waals surface area contributed by atoms with Gasteiger partial charge in [-0.05, 0) is 36.7 Å². The average Bonchev–Trinajstić information content (AvgIpc) is 3.19. The summed E-state index contributed by atoms with van der Waals surface area (Å²) in [6, 6.07) is 10.1. The van der Waals surface area contributed by atoms with Crippen molar-refractivity contribution < 1.29 is 13.5 Å². The molecule has 4 heteroatoms. The molecule has 1 aliphatic carbocycles. The largest absolute Gasteiger partial charge is 0.391 e. The summed E-state index contributed by atoms with van der Waals surface area (Å²) in [6.45, 7) is 0. The summed E-state index contributed by atoms with van der Waals surface area (Å²) in [6.07, 6.45) is 2.52. The van der Waals surface area contributed by atoms with Crippen LogP contribution in [0.25, 0.3) is 0 Å². The lowest BCUT2D eigenvalue weighted by molar-refractivity contribution is 0.137. The first-order chi connectivity index (χ1) is 9.09. The van der Waals surface area contributed by atoms with E-state index >= 15 is 0 Å². The molecule has 3 rings (SSSR count). The molecular formula is C15H20O3S. The lowest BCUT2D eigenvalue weighted by Gasteiger charge is -2.27. The molecule has 1 heterocycles. The van der Waals surface area contributed by atoms with Crippen LogP contribution >= 0.6 is 0 Å². The molecule has 0 amide bonds. The first-order valence-corrected chi connectivity index (χ1v) is 8.76. The van der Waals surface area contributed by atoms with Crippen molar-refractivity contribution in [2.45, 2.75) is 43.0 Å². The van der Waals surface area contributed by atoms with E-state index in [0.29, 0.717) is 12.3 Å². The van der Waals surface area contributed by atoms with Crippen molar-refractivity contribution in [3.8, 4) is 0 Å². The Morgan fingerprint density at radius 3 is 2.58 bits per heavy atom. The van der Waals surface area contributed by atoms with Crippen molar-refractivity contribution in [1.82, 2.24) is 0 Å². The van der Waals surface area contributed by atoms with Crippen LogP contribution in [0.4, 0.5) is 0 Å². The third-order valence-corrected chi connectivity index (χ3v) is 6.81. The molecule has 0 spiro atoms. The summed E-state index contributed by atoms with van der Waals surface area (Å²) >= 11 is 0. The Kier molecular flexibility index (Phi) is 3.39. The summed E-state index contributed by atoms with van der Waals surface area (Å²) < 4.78 is 24.1. The first kappa shape index (κ1) is 13.1. The Labute approximate surface area is 114 Å². The predicted octanol–water partition coefficient (Wildman–Crippen LogP) is 2.12. The molecule has 0 aromatic heterocycles. The zero-order valence-corrected chi connectivity index (χ0v) is 11.7. The molecule has 3 nitrogen and oxygen atoms in total. The Hall–Kier alpha value is -0.870. The Balaban J connectivity index is 1.71. The van der Waals surface area contributed by atoms with Gasteiger partial charge in [-0.1, -0.05) is 36.8 Å². The van der Waals surface area contributed by atoms with Gasteiger partial charge in [-0.2, -0.15) is 0 Å². The van der Waals surface area contributed by atoms with E-state index in [-0.39, 0.29) is 11.7 Å². The molecule has 1 aromatic carbocycles. The number of rotatable bonds is 3. The van der Waals surface area contributed by atoms with Gasteiger partial charge in [-0.15, -0.1) is 0 Å². The summed E-state index contributed by atoms with van der Waals surface area (Å²) in [7, 11) is -3.08. The van der Waals surface area contributed by atoms with Crippen molar-refractivity contribution in [2.75, 3.05) is 5.75 Å². The molecule has 2 aliphatic rings.